The van der Waals surface area contributed by atoms with Crippen LogP contribution in [0.3, 0.4) is 0 Å². The zero-order valence-electron chi connectivity index (χ0n) is 5.25. The third-order valence-corrected chi connectivity index (χ3v) is 2.15. The normalized spacial score (nSPS) is 47.0. The second kappa shape index (κ2) is 2.45. The number of nitrogens with two attached hydrogens (primary N) is 1. The minimum Gasteiger partial charge on any atom is -0.376 e. The maximum Gasteiger partial charge on any atom is 0.0773 e. The predicted octanol–water partition coefficient (Wildman–Crippen LogP) is 0.544. The third-order valence-electron chi connectivity index (χ3n) is 2.15. The molecule has 0 bridgehead atoms. The Labute approximate surface area is 61.2 Å². The van der Waals surface area contributed by atoms with Gasteiger partial charge in [0.15, 0.2) is 0 Å². The highest BCUT2D eigenvalue weighted by molar-refractivity contribution is 5.85. The molecule has 2 rings (SSSR count). The van der Waals surface area contributed by atoms with Gasteiger partial charge in [0, 0.05) is 18.6 Å². The molecule has 0 radical (unpaired) electrons. The van der Waals surface area contributed by atoms with E-state index in [4.69, 9.17) is 10.5 Å². The van der Waals surface area contributed by atoms with Crippen LogP contribution in [0.4, 0.5) is 0 Å². The fourth-order valence-electron chi connectivity index (χ4n) is 1.50. The minimum atomic E-state index is 0. The molecule has 0 aromatic carbocycles. The van der Waals surface area contributed by atoms with Gasteiger partial charge in [-0.25, -0.2) is 0 Å². The SMILES string of the molecule is Cl.N[C@@H]1[C@H]2CCCO[C@@H]12. The summed E-state index contributed by atoms with van der Waals surface area (Å²) in [7, 11) is 0. The molecule has 2 N–H and O–H groups in total. The topological polar surface area (TPSA) is 35.2 Å². The van der Waals surface area contributed by atoms with Gasteiger partial charge in [-0.05, 0) is 12.8 Å². The monoisotopic (exact) mass is 149 g/mol. The molecule has 1 saturated carbocycles. The van der Waals surface area contributed by atoms with Gasteiger partial charge >= 0.3 is 0 Å². The highest BCUT2D eigenvalue weighted by Gasteiger charge is 2.49. The van der Waals surface area contributed by atoms with Gasteiger partial charge in [0.05, 0.1) is 6.10 Å². The second-order valence-corrected chi connectivity index (χ2v) is 2.72. The summed E-state index contributed by atoms with van der Waals surface area (Å²) in [6.45, 7) is 0.939. The number of hydrogen-bond donors (Lipinski definition) is 1. The van der Waals surface area contributed by atoms with E-state index in [0.717, 1.165) is 12.5 Å². The van der Waals surface area contributed by atoms with Crippen molar-refractivity contribution in [1.29, 1.82) is 0 Å². The van der Waals surface area contributed by atoms with Crippen molar-refractivity contribution in [2.45, 2.75) is 25.0 Å². The highest BCUT2D eigenvalue weighted by Crippen LogP contribution is 2.39. The third kappa shape index (κ3) is 1.07. The molecule has 1 saturated heterocycles. The van der Waals surface area contributed by atoms with Crippen molar-refractivity contribution < 1.29 is 4.74 Å². The summed E-state index contributed by atoms with van der Waals surface area (Å²) in [5.74, 6) is 0.726. The number of hydrogen-bond acceptors (Lipinski definition) is 2. The fraction of sp³-hybridized carbons (Fsp3) is 1.00. The summed E-state index contributed by atoms with van der Waals surface area (Å²) in [4.78, 5) is 0. The van der Waals surface area contributed by atoms with Crippen LogP contribution in [0.5, 0.6) is 0 Å². The molecular formula is C6H12ClNO. The molecule has 1 aliphatic carbocycles. The Morgan fingerprint density at radius 2 is 2.22 bits per heavy atom. The van der Waals surface area contributed by atoms with Crippen molar-refractivity contribution in [1.82, 2.24) is 0 Å². The fourth-order valence-corrected chi connectivity index (χ4v) is 1.50. The molecule has 3 atom stereocenters. The van der Waals surface area contributed by atoms with Gasteiger partial charge in [0.1, 0.15) is 0 Å². The van der Waals surface area contributed by atoms with E-state index in [1.54, 1.807) is 0 Å². The van der Waals surface area contributed by atoms with E-state index in [0.29, 0.717) is 12.1 Å². The lowest BCUT2D eigenvalue weighted by atomic mass is 10.2. The van der Waals surface area contributed by atoms with Crippen molar-refractivity contribution >= 4 is 12.4 Å². The summed E-state index contributed by atoms with van der Waals surface area (Å²) >= 11 is 0. The van der Waals surface area contributed by atoms with E-state index in [2.05, 4.69) is 0 Å². The van der Waals surface area contributed by atoms with Crippen LogP contribution in [0.2, 0.25) is 0 Å². The first kappa shape index (κ1) is 7.32. The minimum absolute atomic E-state index is 0. The van der Waals surface area contributed by atoms with Gasteiger partial charge in [0.25, 0.3) is 0 Å². The highest BCUT2D eigenvalue weighted by atomic mass is 35.5. The van der Waals surface area contributed by atoms with Crippen LogP contribution >= 0.6 is 12.4 Å². The molecule has 0 aromatic rings. The summed E-state index contributed by atoms with van der Waals surface area (Å²) in [5.41, 5.74) is 5.65. The number of halogens is 1. The van der Waals surface area contributed by atoms with Crippen molar-refractivity contribution in [2.75, 3.05) is 6.61 Å². The average Bonchev–Trinajstić information content (AvgIpc) is 2.46. The van der Waals surface area contributed by atoms with Crippen LogP contribution in [-0.2, 0) is 4.74 Å². The maximum absolute atomic E-state index is 5.65. The lowest BCUT2D eigenvalue weighted by Crippen LogP contribution is -2.08. The predicted molar refractivity (Wildman–Crippen MR) is 37.7 cm³/mol. The van der Waals surface area contributed by atoms with Crippen molar-refractivity contribution in [3.8, 4) is 0 Å². The van der Waals surface area contributed by atoms with E-state index in [9.17, 15) is 0 Å². The van der Waals surface area contributed by atoms with Crippen molar-refractivity contribution in [3.05, 3.63) is 0 Å². The average molecular weight is 150 g/mol. The quantitative estimate of drug-likeness (QED) is 0.546. The number of fused-ring (bicyclic) bond motifs is 1. The molecule has 0 amide bonds. The van der Waals surface area contributed by atoms with Gasteiger partial charge in [-0.15, -0.1) is 12.4 Å². The van der Waals surface area contributed by atoms with E-state index in [1.165, 1.54) is 12.8 Å². The molecule has 1 aliphatic heterocycles. The van der Waals surface area contributed by atoms with Crippen LogP contribution in [0.25, 0.3) is 0 Å². The first-order chi connectivity index (χ1) is 3.89. The first-order valence-corrected chi connectivity index (χ1v) is 3.27. The van der Waals surface area contributed by atoms with Gasteiger partial charge in [-0.1, -0.05) is 0 Å². The molecule has 2 aliphatic rings. The van der Waals surface area contributed by atoms with Crippen LogP contribution in [0.1, 0.15) is 12.8 Å². The first-order valence-electron chi connectivity index (χ1n) is 3.27. The van der Waals surface area contributed by atoms with Gasteiger partial charge in [-0.2, -0.15) is 0 Å². The Morgan fingerprint density at radius 1 is 1.44 bits per heavy atom. The van der Waals surface area contributed by atoms with Crippen molar-refractivity contribution in [2.24, 2.45) is 11.7 Å². The molecule has 2 nitrogen and oxygen atoms in total. The zero-order valence-corrected chi connectivity index (χ0v) is 6.06. The lowest BCUT2D eigenvalue weighted by molar-refractivity contribution is 0.0783. The summed E-state index contributed by atoms with van der Waals surface area (Å²) < 4.78 is 5.34. The molecule has 0 aromatic heterocycles. The Morgan fingerprint density at radius 3 is 2.67 bits per heavy atom. The lowest BCUT2D eigenvalue weighted by Gasteiger charge is -2.06. The smallest absolute Gasteiger partial charge is 0.0773 e. The second-order valence-electron chi connectivity index (χ2n) is 2.72. The van der Waals surface area contributed by atoms with Crippen LogP contribution in [0, 0.1) is 5.92 Å². The molecule has 54 valence electrons. The Bertz CT molecular complexity index is 97.2. The molecule has 2 fully saturated rings. The Hall–Kier alpha value is 0.210. The van der Waals surface area contributed by atoms with E-state index >= 15 is 0 Å². The van der Waals surface area contributed by atoms with Gasteiger partial charge < -0.3 is 10.5 Å². The summed E-state index contributed by atoms with van der Waals surface area (Å²) in [5, 5.41) is 0. The largest absolute Gasteiger partial charge is 0.376 e. The summed E-state index contributed by atoms with van der Waals surface area (Å²) in [6, 6.07) is 0.387. The van der Waals surface area contributed by atoms with Crippen LogP contribution < -0.4 is 5.73 Å². The van der Waals surface area contributed by atoms with Gasteiger partial charge in [0.2, 0.25) is 0 Å². The molecular weight excluding hydrogens is 138 g/mol. The Kier molecular flexibility index (Phi) is 1.99. The van der Waals surface area contributed by atoms with Gasteiger partial charge in [-0.3, -0.25) is 0 Å². The molecule has 1 heterocycles. The summed E-state index contributed by atoms with van der Waals surface area (Å²) in [6.07, 6.45) is 2.96. The number of ether oxygens (including phenoxy) is 1. The van der Waals surface area contributed by atoms with E-state index in [-0.39, 0.29) is 12.4 Å². The Balaban J connectivity index is 0.000000405. The maximum atomic E-state index is 5.65. The molecule has 9 heavy (non-hydrogen) atoms. The van der Waals surface area contributed by atoms with Crippen LogP contribution in [-0.4, -0.2) is 18.8 Å². The standard InChI is InChI=1S/C6H11NO.ClH/c7-5-4-2-1-3-8-6(4)5;/h4-6H,1-3,7H2;1H/t4-,5-,6-;/m1./s1. The molecule has 3 heteroatoms. The number of rotatable bonds is 0. The van der Waals surface area contributed by atoms with E-state index < -0.39 is 0 Å². The molecule has 0 spiro atoms. The van der Waals surface area contributed by atoms with E-state index in [1.807, 2.05) is 0 Å². The van der Waals surface area contributed by atoms with Crippen molar-refractivity contribution in [3.63, 3.8) is 0 Å². The molecule has 0 unspecified atom stereocenters. The van der Waals surface area contributed by atoms with Crippen LogP contribution in [0.15, 0.2) is 0 Å². The zero-order chi connectivity index (χ0) is 5.56.